The molecule has 5 heteroatoms. The van der Waals surface area contributed by atoms with Crippen molar-refractivity contribution in [3.8, 4) is 11.3 Å². The number of quaternary nitrogens is 1. The summed E-state index contributed by atoms with van der Waals surface area (Å²) in [5, 5.41) is 6.05. The summed E-state index contributed by atoms with van der Waals surface area (Å²) in [6.07, 6.45) is 0. The lowest BCUT2D eigenvalue weighted by atomic mass is 10.2. The molecule has 0 fully saturated rings. The minimum atomic E-state index is 0.0855. The van der Waals surface area contributed by atoms with Crippen LogP contribution in [0.1, 0.15) is 18.9 Å². The molecular formula is C16H22N3OS+. The monoisotopic (exact) mass is 304 g/mol. The van der Waals surface area contributed by atoms with Crippen molar-refractivity contribution < 1.29 is 9.69 Å². The van der Waals surface area contributed by atoms with Crippen molar-refractivity contribution in [1.29, 1.82) is 0 Å². The molecule has 0 aliphatic carbocycles. The minimum Gasteiger partial charge on any atom is -0.349 e. The molecule has 4 nitrogen and oxygen atoms in total. The standard InChI is InChI=1S/C16H21N3OS/c1-12(2)17-15(20)9-19(3)10-16-18-14(11-21-16)13-7-5-4-6-8-13/h4-8,11-12H,9-10H2,1-3H3,(H,17,20)/p+1. The quantitative estimate of drug-likeness (QED) is 0.846. The van der Waals surface area contributed by atoms with Gasteiger partial charge in [-0.3, -0.25) is 4.79 Å². The van der Waals surface area contributed by atoms with Gasteiger partial charge in [0.05, 0.1) is 12.7 Å². The zero-order chi connectivity index (χ0) is 15.2. The van der Waals surface area contributed by atoms with Gasteiger partial charge in [0.25, 0.3) is 5.91 Å². The van der Waals surface area contributed by atoms with Crippen molar-refractivity contribution in [2.24, 2.45) is 0 Å². The van der Waals surface area contributed by atoms with Gasteiger partial charge in [-0.1, -0.05) is 30.3 Å². The first-order valence-electron chi connectivity index (χ1n) is 7.15. The molecule has 0 radical (unpaired) electrons. The maximum absolute atomic E-state index is 11.7. The second-order valence-electron chi connectivity index (χ2n) is 5.53. The van der Waals surface area contributed by atoms with Crippen molar-refractivity contribution in [2.75, 3.05) is 13.6 Å². The van der Waals surface area contributed by atoms with E-state index in [4.69, 9.17) is 0 Å². The lowest BCUT2D eigenvalue weighted by molar-refractivity contribution is -0.885. The van der Waals surface area contributed by atoms with Crippen LogP contribution in [0.4, 0.5) is 0 Å². The Kier molecular flexibility index (Phi) is 5.47. The molecule has 2 N–H and O–H groups in total. The molecular weight excluding hydrogens is 282 g/mol. The number of nitrogens with one attached hydrogen (secondary N) is 2. The van der Waals surface area contributed by atoms with Crippen LogP contribution in [0.5, 0.6) is 0 Å². The van der Waals surface area contributed by atoms with Gasteiger partial charge in [0.2, 0.25) is 0 Å². The molecule has 21 heavy (non-hydrogen) atoms. The highest BCUT2D eigenvalue weighted by Crippen LogP contribution is 2.20. The number of thiazole rings is 1. The molecule has 0 bridgehead atoms. The number of hydrogen-bond acceptors (Lipinski definition) is 3. The van der Waals surface area contributed by atoms with Gasteiger partial charge in [0.15, 0.2) is 6.54 Å². The Hall–Kier alpha value is -1.72. The van der Waals surface area contributed by atoms with E-state index in [-0.39, 0.29) is 11.9 Å². The average molecular weight is 304 g/mol. The summed E-state index contributed by atoms with van der Waals surface area (Å²) in [6.45, 7) is 5.18. The lowest BCUT2D eigenvalue weighted by Gasteiger charge is -2.13. The fourth-order valence-corrected chi connectivity index (χ4v) is 3.02. The van der Waals surface area contributed by atoms with Crippen molar-refractivity contribution in [3.05, 3.63) is 40.7 Å². The highest BCUT2D eigenvalue weighted by atomic mass is 32.1. The smallest absolute Gasteiger partial charge is 0.275 e. The summed E-state index contributed by atoms with van der Waals surface area (Å²) in [5.74, 6) is 0.0855. The molecule has 0 spiro atoms. The summed E-state index contributed by atoms with van der Waals surface area (Å²) in [4.78, 5) is 17.5. The molecule has 2 rings (SSSR count). The number of carbonyl (C=O) groups excluding carboxylic acids is 1. The van der Waals surface area contributed by atoms with Gasteiger partial charge in [-0.2, -0.15) is 0 Å². The van der Waals surface area contributed by atoms with E-state index in [0.29, 0.717) is 6.54 Å². The first-order chi connectivity index (χ1) is 10.0. The maximum atomic E-state index is 11.7. The highest BCUT2D eigenvalue weighted by molar-refractivity contribution is 7.09. The van der Waals surface area contributed by atoms with Crippen molar-refractivity contribution in [3.63, 3.8) is 0 Å². The second kappa shape index (κ2) is 7.33. The number of hydrogen-bond donors (Lipinski definition) is 2. The molecule has 1 aromatic heterocycles. The molecule has 1 unspecified atom stereocenters. The Bertz CT molecular complexity index is 580. The Labute approximate surface area is 129 Å². The zero-order valence-corrected chi connectivity index (χ0v) is 13.5. The molecule has 1 atom stereocenters. The predicted octanol–water partition coefficient (Wildman–Crippen LogP) is 1.35. The average Bonchev–Trinajstić information content (AvgIpc) is 2.86. The van der Waals surface area contributed by atoms with Gasteiger partial charge < -0.3 is 10.2 Å². The SMILES string of the molecule is CC(C)NC(=O)C[NH+](C)Cc1nc(-c2ccccc2)cs1. The van der Waals surface area contributed by atoms with Gasteiger partial charge in [-0.15, -0.1) is 11.3 Å². The Morgan fingerprint density at radius 3 is 2.71 bits per heavy atom. The molecule has 0 aliphatic rings. The largest absolute Gasteiger partial charge is 0.349 e. The Morgan fingerprint density at radius 1 is 1.33 bits per heavy atom. The summed E-state index contributed by atoms with van der Waals surface area (Å²) in [5.41, 5.74) is 2.14. The summed E-state index contributed by atoms with van der Waals surface area (Å²) in [6, 6.07) is 10.3. The maximum Gasteiger partial charge on any atom is 0.275 e. The third kappa shape index (κ3) is 4.95. The van der Waals surface area contributed by atoms with Gasteiger partial charge in [-0.05, 0) is 13.8 Å². The number of aromatic nitrogens is 1. The van der Waals surface area contributed by atoms with Gasteiger partial charge >= 0.3 is 0 Å². The van der Waals surface area contributed by atoms with Gasteiger partial charge in [0, 0.05) is 17.0 Å². The van der Waals surface area contributed by atoms with E-state index in [0.717, 1.165) is 27.7 Å². The fourth-order valence-electron chi connectivity index (χ4n) is 2.10. The van der Waals surface area contributed by atoms with E-state index in [1.807, 2.05) is 39.1 Å². The molecule has 1 amide bonds. The van der Waals surface area contributed by atoms with Crippen LogP contribution in [0, 0.1) is 0 Å². The van der Waals surface area contributed by atoms with E-state index in [2.05, 4.69) is 27.8 Å². The normalized spacial score (nSPS) is 12.4. The molecule has 0 saturated carbocycles. The van der Waals surface area contributed by atoms with Crippen molar-refractivity contribution in [1.82, 2.24) is 10.3 Å². The van der Waals surface area contributed by atoms with E-state index < -0.39 is 0 Å². The first kappa shape index (κ1) is 15.7. The lowest BCUT2D eigenvalue weighted by Crippen LogP contribution is -3.09. The van der Waals surface area contributed by atoms with Crippen molar-refractivity contribution >= 4 is 17.2 Å². The van der Waals surface area contributed by atoms with E-state index >= 15 is 0 Å². The number of likely N-dealkylation sites (N-methyl/N-ethyl adjacent to an activating group) is 1. The third-order valence-electron chi connectivity index (χ3n) is 2.99. The van der Waals surface area contributed by atoms with Crippen LogP contribution < -0.4 is 10.2 Å². The van der Waals surface area contributed by atoms with Crippen LogP contribution in [0.25, 0.3) is 11.3 Å². The van der Waals surface area contributed by atoms with Crippen LogP contribution in [-0.2, 0) is 11.3 Å². The molecule has 2 aromatic rings. The summed E-state index contributed by atoms with van der Waals surface area (Å²) >= 11 is 1.65. The predicted molar refractivity (Wildman–Crippen MR) is 86.3 cm³/mol. The van der Waals surface area contributed by atoms with E-state index in [1.165, 1.54) is 0 Å². The van der Waals surface area contributed by atoms with Crippen LogP contribution in [0.2, 0.25) is 0 Å². The number of benzene rings is 1. The summed E-state index contributed by atoms with van der Waals surface area (Å²) < 4.78 is 0. The fraction of sp³-hybridized carbons (Fsp3) is 0.375. The topological polar surface area (TPSA) is 46.4 Å². The number of nitrogens with zero attached hydrogens (tertiary/aromatic N) is 1. The summed E-state index contributed by atoms with van der Waals surface area (Å²) in [7, 11) is 2.02. The highest BCUT2D eigenvalue weighted by Gasteiger charge is 2.13. The molecule has 112 valence electrons. The molecule has 0 saturated heterocycles. The van der Waals surface area contributed by atoms with Gasteiger partial charge in [-0.25, -0.2) is 4.98 Å². The van der Waals surface area contributed by atoms with Crippen LogP contribution in [-0.4, -0.2) is 30.5 Å². The van der Waals surface area contributed by atoms with Gasteiger partial charge in [0.1, 0.15) is 11.6 Å². The zero-order valence-electron chi connectivity index (χ0n) is 12.7. The van der Waals surface area contributed by atoms with Crippen LogP contribution in [0.3, 0.4) is 0 Å². The molecule has 0 aliphatic heterocycles. The van der Waals surface area contributed by atoms with Crippen LogP contribution >= 0.6 is 11.3 Å². The van der Waals surface area contributed by atoms with E-state index in [1.54, 1.807) is 11.3 Å². The third-order valence-corrected chi connectivity index (χ3v) is 3.84. The van der Waals surface area contributed by atoms with Crippen molar-refractivity contribution in [2.45, 2.75) is 26.4 Å². The number of carbonyl (C=O) groups is 1. The van der Waals surface area contributed by atoms with Crippen LogP contribution in [0.15, 0.2) is 35.7 Å². The number of amides is 1. The molecule has 1 aromatic carbocycles. The Balaban J connectivity index is 1.92. The van der Waals surface area contributed by atoms with E-state index in [9.17, 15) is 4.79 Å². The minimum absolute atomic E-state index is 0.0855. The second-order valence-corrected chi connectivity index (χ2v) is 6.47. The first-order valence-corrected chi connectivity index (χ1v) is 8.03. The number of rotatable bonds is 6. The Morgan fingerprint density at radius 2 is 2.05 bits per heavy atom. The molecule has 1 heterocycles.